The number of amides is 2. The summed E-state index contributed by atoms with van der Waals surface area (Å²) in [6.07, 6.45) is 5.59. The zero-order chi connectivity index (χ0) is 15.1. The van der Waals surface area contributed by atoms with Gasteiger partial charge in [0.25, 0.3) is 11.8 Å². The van der Waals surface area contributed by atoms with E-state index in [2.05, 4.69) is 10.3 Å². The zero-order valence-electron chi connectivity index (χ0n) is 12.6. The summed E-state index contributed by atoms with van der Waals surface area (Å²) in [6.45, 7) is 9.28. The summed E-state index contributed by atoms with van der Waals surface area (Å²) in [5, 5.41) is 2.86. The van der Waals surface area contributed by atoms with Crippen molar-refractivity contribution in [3.8, 4) is 0 Å². The van der Waals surface area contributed by atoms with Crippen molar-refractivity contribution in [2.45, 2.75) is 34.6 Å². The van der Waals surface area contributed by atoms with Gasteiger partial charge in [0.1, 0.15) is 0 Å². The summed E-state index contributed by atoms with van der Waals surface area (Å²) >= 11 is 0. The molecular formula is C16H20N2O2. The lowest BCUT2D eigenvalue weighted by atomic mass is 9.85. The van der Waals surface area contributed by atoms with Crippen molar-refractivity contribution in [2.75, 3.05) is 0 Å². The minimum Gasteiger partial charge on any atom is -0.325 e. The lowest BCUT2D eigenvalue weighted by Crippen LogP contribution is -2.35. The fourth-order valence-corrected chi connectivity index (χ4v) is 2.08. The SMILES string of the molecule is CC1=C(C)C2C=CC(=NC(=O)C(C)(C)C)C=C2NC1=O. The Kier molecular flexibility index (Phi) is 3.50. The molecule has 0 saturated heterocycles. The highest BCUT2D eigenvalue weighted by molar-refractivity contribution is 6.12. The molecule has 0 aromatic carbocycles. The van der Waals surface area contributed by atoms with E-state index >= 15 is 0 Å². The van der Waals surface area contributed by atoms with Crippen LogP contribution in [0.2, 0.25) is 0 Å². The quantitative estimate of drug-likeness (QED) is 0.736. The Morgan fingerprint density at radius 3 is 2.55 bits per heavy atom. The van der Waals surface area contributed by atoms with Gasteiger partial charge < -0.3 is 5.32 Å². The van der Waals surface area contributed by atoms with E-state index in [0.717, 1.165) is 16.8 Å². The number of nitrogens with zero attached hydrogens (tertiary/aromatic N) is 1. The molecule has 0 bridgehead atoms. The highest BCUT2D eigenvalue weighted by Crippen LogP contribution is 2.30. The van der Waals surface area contributed by atoms with Crippen molar-refractivity contribution in [2.24, 2.45) is 16.3 Å². The van der Waals surface area contributed by atoms with Crippen LogP contribution in [-0.4, -0.2) is 17.5 Å². The van der Waals surface area contributed by atoms with Gasteiger partial charge in [-0.3, -0.25) is 9.59 Å². The first kappa shape index (κ1) is 14.4. The van der Waals surface area contributed by atoms with Crippen LogP contribution in [0.5, 0.6) is 0 Å². The van der Waals surface area contributed by atoms with E-state index < -0.39 is 5.41 Å². The molecule has 0 fully saturated rings. The number of carbonyl (C=O) groups excluding carboxylic acids is 2. The molecule has 0 aromatic rings. The van der Waals surface area contributed by atoms with Crippen molar-refractivity contribution < 1.29 is 9.59 Å². The van der Waals surface area contributed by atoms with Gasteiger partial charge in [0.2, 0.25) is 0 Å². The molecule has 2 aliphatic rings. The van der Waals surface area contributed by atoms with E-state index in [1.807, 2.05) is 46.8 Å². The monoisotopic (exact) mass is 272 g/mol. The highest BCUT2D eigenvalue weighted by atomic mass is 16.2. The normalized spacial score (nSPS) is 24.4. The summed E-state index contributed by atoms with van der Waals surface area (Å²) < 4.78 is 0. The molecule has 0 saturated carbocycles. The average Bonchev–Trinajstić information content (AvgIpc) is 2.35. The van der Waals surface area contributed by atoms with Crippen LogP contribution < -0.4 is 5.32 Å². The summed E-state index contributed by atoms with van der Waals surface area (Å²) in [5.74, 6) is -0.170. The van der Waals surface area contributed by atoms with Crippen LogP contribution in [0.3, 0.4) is 0 Å². The number of rotatable bonds is 0. The van der Waals surface area contributed by atoms with Crippen LogP contribution >= 0.6 is 0 Å². The van der Waals surface area contributed by atoms with Gasteiger partial charge >= 0.3 is 0 Å². The van der Waals surface area contributed by atoms with E-state index in [0.29, 0.717) is 5.71 Å². The van der Waals surface area contributed by atoms with Crippen LogP contribution in [-0.2, 0) is 9.59 Å². The predicted octanol–water partition coefficient (Wildman–Crippen LogP) is 2.54. The van der Waals surface area contributed by atoms with Crippen molar-refractivity contribution in [1.82, 2.24) is 5.32 Å². The van der Waals surface area contributed by atoms with Gasteiger partial charge in [-0.05, 0) is 26.0 Å². The Labute approximate surface area is 119 Å². The fraction of sp³-hybridized carbons (Fsp3) is 0.438. The van der Waals surface area contributed by atoms with Crippen molar-refractivity contribution in [3.05, 3.63) is 35.1 Å². The molecule has 1 heterocycles. The maximum atomic E-state index is 11.9. The van der Waals surface area contributed by atoms with E-state index in [4.69, 9.17) is 0 Å². The lowest BCUT2D eigenvalue weighted by Gasteiger charge is -2.28. The number of hydrogen-bond donors (Lipinski definition) is 1. The molecule has 0 spiro atoms. The van der Waals surface area contributed by atoms with Gasteiger partial charge in [0.05, 0.1) is 5.71 Å². The van der Waals surface area contributed by atoms with E-state index in [1.54, 1.807) is 6.08 Å². The van der Waals surface area contributed by atoms with Gasteiger partial charge in [-0.2, -0.15) is 0 Å². The lowest BCUT2D eigenvalue weighted by molar-refractivity contribution is -0.124. The molecule has 1 unspecified atom stereocenters. The number of nitrogens with one attached hydrogen (secondary N) is 1. The Hall–Kier alpha value is -1.97. The molecule has 1 aliphatic carbocycles. The largest absolute Gasteiger partial charge is 0.325 e. The molecule has 4 nitrogen and oxygen atoms in total. The molecule has 1 aliphatic heterocycles. The topological polar surface area (TPSA) is 58.5 Å². The number of carbonyl (C=O) groups is 2. The maximum absolute atomic E-state index is 11.9. The van der Waals surface area contributed by atoms with E-state index in [9.17, 15) is 9.59 Å². The fourth-order valence-electron chi connectivity index (χ4n) is 2.08. The molecular weight excluding hydrogens is 252 g/mol. The summed E-state index contributed by atoms with van der Waals surface area (Å²) in [5.41, 5.74) is 2.67. The van der Waals surface area contributed by atoms with Crippen molar-refractivity contribution in [1.29, 1.82) is 0 Å². The number of hydrogen-bond acceptors (Lipinski definition) is 2. The standard InChI is InChI=1S/C16H20N2O2/c1-9-10(2)14(19)18-13-8-11(6-7-12(9)13)17-15(20)16(3,4)5/h6-8,12H,1-5H3,(H,18,19). The van der Waals surface area contributed by atoms with E-state index in [1.165, 1.54) is 0 Å². The molecule has 0 radical (unpaired) electrons. The summed E-state index contributed by atoms with van der Waals surface area (Å²) in [6, 6.07) is 0. The van der Waals surface area contributed by atoms with Crippen LogP contribution in [0.1, 0.15) is 34.6 Å². The van der Waals surface area contributed by atoms with Gasteiger partial charge in [-0.25, -0.2) is 4.99 Å². The van der Waals surface area contributed by atoms with Gasteiger partial charge in [0.15, 0.2) is 0 Å². The third kappa shape index (κ3) is 2.64. The maximum Gasteiger partial charge on any atom is 0.251 e. The van der Waals surface area contributed by atoms with Gasteiger partial charge in [0, 0.05) is 22.6 Å². The second kappa shape index (κ2) is 4.85. The van der Waals surface area contributed by atoms with Crippen LogP contribution in [0.4, 0.5) is 0 Å². The van der Waals surface area contributed by atoms with Crippen LogP contribution in [0, 0.1) is 11.3 Å². The smallest absolute Gasteiger partial charge is 0.251 e. The molecule has 106 valence electrons. The summed E-state index contributed by atoms with van der Waals surface area (Å²) in [4.78, 5) is 27.8. The first-order valence-corrected chi connectivity index (χ1v) is 6.72. The second-order valence-electron chi connectivity index (χ2n) is 6.29. The minimum absolute atomic E-state index is 0.0800. The Bertz CT molecular complexity index is 598. The summed E-state index contributed by atoms with van der Waals surface area (Å²) in [7, 11) is 0. The Balaban J connectivity index is 2.33. The molecule has 1 N–H and O–H groups in total. The van der Waals surface area contributed by atoms with Crippen molar-refractivity contribution >= 4 is 17.5 Å². The Morgan fingerprint density at radius 1 is 1.30 bits per heavy atom. The van der Waals surface area contributed by atoms with Gasteiger partial charge in [-0.1, -0.05) is 32.4 Å². The van der Waals surface area contributed by atoms with Crippen LogP contribution in [0.15, 0.2) is 40.1 Å². The average molecular weight is 272 g/mol. The van der Waals surface area contributed by atoms with Gasteiger partial charge in [-0.15, -0.1) is 0 Å². The molecule has 0 aromatic heterocycles. The molecule has 4 heteroatoms. The first-order valence-electron chi connectivity index (χ1n) is 6.72. The van der Waals surface area contributed by atoms with Crippen molar-refractivity contribution in [3.63, 3.8) is 0 Å². The minimum atomic E-state index is -0.502. The second-order valence-corrected chi connectivity index (χ2v) is 6.29. The molecule has 2 rings (SSSR count). The number of allylic oxidation sites excluding steroid dienone is 3. The number of fused-ring (bicyclic) bond motifs is 1. The number of aliphatic imine (C=N–C) groups is 1. The highest BCUT2D eigenvalue weighted by Gasteiger charge is 2.28. The van der Waals surface area contributed by atoms with E-state index in [-0.39, 0.29) is 17.7 Å². The molecule has 20 heavy (non-hydrogen) atoms. The molecule has 1 atom stereocenters. The molecule has 2 amide bonds. The third-order valence-corrected chi connectivity index (χ3v) is 3.63. The third-order valence-electron chi connectivity index (χ3n) is 3.63. The zero-order valence-corrected chi connectivity index (χ0v) is 12.6. The predicted molar refractivity (Wildman–Crippen MR) is 79.1 cm³/mol. The Morgan fingerprint density at radius 2 is 1.95 bits per heavy atom. The van der Waals surface area contributed by atoms with Crippen LogP contribution in [0.25, 0.3) is 0 Å². The first-order chi connectivity index (χ1) is 9.20.